The molecule has 1 aliphatic rings. The van der Waals surface area contributed by atoms with Gasteiger partial charge < -0.3 is 4.74 Å². The van der Waals surface area contributed by atoms with Crippen molar-refractivity contribution in [3.05, 3.63) is 77.5 Å². The first-order valence-corrected chi connectivity index (χ1v) is 10.6. The summed E-state index contributed by atoms with van der Waals surface area (Å²) in [7, 11) is 1.53. The van der Waals surface area contributed by atoms with Crippen LogP contribution in [0.25, 0.3) is 16.9 Å². The van der Waals surface area contributed by atoms with Crippen LogP contribution in [0.5, 0.6) is 5.75 Å². The highest BCUT2D eigenvalue weighted by Gasteiger charge is 2.31. The van der Waals surface area contributed by atoms with E-state index >= 15 is 4.39 Å². The van der Waals surface area contributed by atoms with Crippen molar-refractivity contribution in [1.82, 2.24) is 25.0 Å². The average Bonchev–Trinajstić information content (AvgIpc) is 3.54. The smallest absolute Gasteiger partial charge is 0.136 e. The summed E-state index contributed by atoms with van der Waals surface area (Å²) in [6.07, 6.45) is 4.02. The quantitative estimate of drug-likeness (QED) is 0.438. The van der Waals surface area contributed by atoms with Crippen LogP contribution in [0.15, 0.2) is 59.4 Å². The van der Waals surface area contributed by atoms with Crippen LogP contribution in [0.2, 0.25) is 0 Å². The number of hydrogen-bond donors (Lipinski definition) is 0. The Morgan fingerprint density at radius 3 is 2.72 bits per heavy atom. The van der Waals surface area contributed by atoms with E-state index < -0.39 is 0 Å². The number of ether oxygens (including phenoxy) is 1. The molecule has 0 spiro atoms. The average molecular weight is 433 g/mol. The second-order valence-corrected chi connectivity index (χ2v) is 7.99. The van der Waals surface area contributed by atoms with Crippen molar-refractivity contribution in [2.45, 2.75) is 32.4 Å². The third kappa shape index (κ3) is 3.78. The number of hydrogen-bond acceptors (Lipinski definition) is 6. The van der Waals surface area contributed by atoms with Crippen molar-refractivity contribution in [1.29, 1.82) is 0 Å². The zero-order valence-corrected chi connectivity index (χ0v) is 18.0. The third-order valence-corrected chi connectivity index (χ3v) is 5.98. The van der Waals surface area contributed by atoms with Crippen LogP contribution in [-0.2, 0) is 6.54 Å². The number of rotatable bonds is 6. The maximum atomic E-state index is 15.0. The molecule has 1 fully saturated rings. The summed E-state index contributed by atoms with van der Waals surface area (Å²) >= 11 is 0. The Labute approximate surface area is 185 Å². The van der Waals surface area contributed by atoms with E-state index in [2.05, 4.69) is 15.2 Å². The number of nitrogens with zero attached hydrogens (tertiary/aromatic N) is 5. The highest BCUT2D eigenvalue weighted by molar-refractivity contribution is 5.65. The van der Waals surface area contributed by atoms with Gasteiger partial charge in [-0.15, -0.1) is 0 Å². The highest BCUT2D eigenvalue weighted by Crippen LogP contribution is 2.36. The van der Waals surface area contributed by atoms with Crippen LogP contribution < -0.4 is 4.74 Å². The number of likely N-dealkylation sites (tertiary alicyclic amines) is 1. The molecule has 7 nitrogen and oxygen atoms in total. The molecule has 1 saturated heterocycles. The predicted molar refractivity (Wildman–Crippen MR) is 117 cm³/mol. The molecule has 5 rings (SSSR count). The van der Waals surface area contributed by atoms with Crippen molar-refractivity contribution < 1.29 is 13.8 Å². The fraction of sp³-hybridized carbons (Fsp3) is 0.292. The van der Waals surface area contributed by atoms with Gasteiger partial charge in [0.2, 0.25) is 0 Å². The Morgan fingerprint density at radius 2 is 2.00 bits per heavy atom. The minimum atomic E-state index is -0.363. The highest BCUT2D eigenvalue weighted by atomic mass is 19.1. The minimum Gasteiger partial charge on any atom is -0.497 e. The van der Waals surface area contributed by atoms with Crippen molar-refractivity contribution >= 4 is 0 Å². The normalized spacial score (nSPS) is 16.5. The summed E-state index contributed by atoms with van der Waals surface area (Å²) in [4.78, 5) is 2.34. The van der Waals surface area contributed by atoms with Gasteiger partial charge in [-0.05, 0) is 50.6 Å². The Morgan fingerprint density at radius 1 is 1.16 bits per heavy atom. The SMILES string of the molecule is COc1ccc(-c2nn(-c3ccccc3)cc2CN2CCCC2c2nonc2C)c(F)c1. The van der Waals surface area contributed by atoms with E-state index in [-0.39, 0.29) is 11.9 Å². The van der Waals surface area contributed by atoms with Crippen LogP contribution >= 0.6 is 0 Å². The van der Waals surface area contributed by atoms with Gasteiger partial charge in [0.1, 0.15) is 28.6 Å². The van der Waals surface area contributed by atoms with Crippen molar-refractivity contribution in [3.63, 3.8) is 0 Å². The van der Waals surface area contributed by atoms with E-state index in [1.807, 2.05) is 48.1 Å². The van der Waals surface area contributed by atoms with E-state index in [9.17, 15) is 0 Å². The van der Waals surface area contributed by atoms with Gasteiger partial charge in [-0.3, -0.25) is 4.90 Å². The molecule has 3 heterocycles. The fourth-order valence-corrected chi connectivity index (χ4v) is 4.36. The molecule has 0 saturated carbocycles. The van der Waals surface area contributed by atoms with E-state index in [4.69, 9.17) is 14.5 Å². The topological polar surface area (TPSA) is 69.2 Å². The van der Waals surface area contributed by atoms with Gasteiger partial charge in [-0.2, -0.15) is 5.10 Å². The number of halogens is 1. The minimum absolute atomic E-state index is 0.120. The van der Waals surface area contributed by atoms with Gasteiger partial charge in [0, 0.05) is 29.9 Å². The number of benzene rings is 2. The van der Waals surface area contributed by atoms with E-state index in [0.29, 0.717) is 23.6 Å². The van der Waals surface area contributed by atoms with Crippen LogP contribution in [0.4, 0.5) is 4.39 Å². The van der Waals surface area contributed by atoms with E-state index in [1.165, 1.54) is 13.2 Å². The van der Waals surface area contributed by atoms with Crippen LogP contribution in [-0.4, -0.2) is 38.6 Å². The molecule has 0 radical (unpaired) electrons. The molecular formula is C24H24FN5O2. The first-order chi connectivity index (χ1) is 15.6. The second-order valence-electron chi connectivity index (χ2n) is 7.99. The maximum absolute atomic E-state index is 15.0. The lowest BCUT2D eigenvalue weighted by atomic mass is 10.1. The monoisotopic (exact) mass is 433 g/mol. The van der Waals surface area contributed by atoms with Crippen molar-refractivity contribution in [2.75, 3.05) is 13.7 Å². The lowest BCUT2D eigenvalue weighted by Gasteiger charge is -2.22. The Kier molecular flexibility index (Phi) is 5.45. The van der Waals surface area contributed by atoms with Crippen molar-refractivity contribution in [3.8, 4) is 22.7 Å². The largest absolute Gasteiger partial charge is 0.497 e. The molecule has 1 aliphatic heterocycles. The molecule has 0 amide bonds. The summed E-state index contributed by atoms with van der Waals surface area (Å²) in [5.41, 5.74) is 4.61. The standard InChI is InChI=1S/C24H24FN5O2/c1-16-23(28-32-27-16)22-9-6-12-29(22)14-17-15-30(18-7-4-3-5-8-18)26-24(17)20-11-10-19(31-2)13-21(20)25/h3-5,7-8,10-11,13,15,22H,6,9,12,14H2,1-2H3. The van der Waals surface area contributed by atoms with Gasteiger partial charge in [-0.25, -0.2) is 13.7 Å². The number of aryl methyl sites for hydroxylation is 1. The molecule has 8 heteroatoms. The fourth-order valence-electron chi connectivity index (χ4n) is 4.36. The molecule has 0 N–H and O–H groups in total. The summed E-state index contributed by atoms with van der Waals surface area (Å²) in [5.74, 6) is 0.113. The van der Waals surface area contributed by atoms with Gasteiger partial charge in [-0.1, -0.05) is 28.5 Å². The molecule has 4 aromatic rings. The number of para-hydroxylation sites is 1. The van der Waals surface area contributed by atoms with Gasteiger partial charge >= 0.3 is 0 Å². The Hall–Kier alpha value is -3.52. The molecule has 0 aliphatic carbocycles. The summed E-state index contributed by atoms with van der Waals surface area (Å²) < 4.78 is 26.9. The molecule has 32 heavy (non-hydrogen) atoms. The molecule has 164 valence electrons. The van der Waals surface area contributed by atoms with E-state index in [1.54, 1.807) is 12.1 Å². The van der Waals surface area contributed by atoms with Gasteiger partial charge in [0.15, 0.2) is 0 Å². The number of aromatic nitrogens is 4. The molecule has 1 atom stereocenters. The van der Waals surface area contributed by atoms with Gasteiger partial charge in [0.05, 0.1) is 18.8 Å². The summed E-state index contributed by atoms with van der Waals surface area (Å²) in [5, 5.41) is 12.9. The molecule has 0 bridgehead atoms. The lowest BCUT2D eigenvalue weighted by molar-refractivity contribution is 0.231. The lowest BCUT2D eigenvalue weighted by Crippen LogP contribution is -2.23. The van der Waals surface area contributed by atoms with Crippen LogP contribution in [0.1, 0.15) is 35.8 Å². The third-order valence-electron chi connectivity index (χ3n) is 5.98. The van der Waals surface area contributed by atoms with Crippen LogP contribution in [0.3, 0.4) is 0 Å². The number of methoxy groups -OCH3 is 1. The first kappa shape index (κ1) is 20.4. The zero-order chi connectivity index (χ0) is 22.1. The molecule has 2 aromatic heterocycles. The molecule has 1 unspecified atom stereocenters. The zero-order valence-electron chi connectivity index (χ0n) is 18.0. The van der Waals surface area contributed by atoms with Gasteiger partial charge in [0.25, 0.3) is 0 Å². The Bertz CT molecular complexity index is 1220. The molecule has 2 aromatic carbocycles. The second kappa shape index (κ2) is 8.55. The van der Waals surface area contributed by atoms with Crippen molar-refractivity contribution in [2.24, 2.45) is 0 Å². The predicted octanol–water partition coefficient (Wildman–Crippen LogP) is 4.72. The van der Waals surface area contributed by atoms with E-state index in [0.717, 1.165) is 42.0 Å². The summed E-state index contributed by atoms with van der Waals surface area (Å²) in [6, 6.07) is 14.8. The van der Waals surface area contributed by atoms with Crippen LogP contribution in [0, 0.1) is 12.7 Å². The molecular weight excluding hydrogens is 409 g/mol. The summed E-state index contributed by atoms with van der Waals surface area (Å²) in [6.45, 7) is 3.44. The first-order valence-electron chi connectivity index (χ1n) is 10.6. The Balaban J connectivity index is 1.55. The maximum Gasteiger partial charge on any atom is 0.136 e.